The van der Waals surface area contributed by atoms with Crippen molar-refractivity contribution in [3.05, 3.63) is 0 Å². The van der Waals surface area contributed by atoms with Gasteiger partial charge in [-0.2, -0.15) is 0 Å². The zero-order chi connectivity index (χ0) is 16.0. The van der Waals surface area contributed by atoms with Crippen LogP contribution in [-0.2, 0) is 23.8 Å². The van der Waals surface area contributed by atoms with Gasteiger partial charge in [0.25, 0.3) is 11.1 Å². The second-order valence-electron chi connectivity index (χ2n) is 5.61. The molecule has 2 aliphatic heterocycles. The summed E-state index contributed by atoms with van der Waals surface area (Å²) >= 11 is 4.86. The number of methoxy groups -OCH3 is 1. The van der Waals surface area contributed by atoms with Gasteiger partial charge in [-0.05, 0) is 33.0 Å². The maximum atomic E-state index is 12.7. The van der Waals surface area contributed by atoms with Crippen molar-refractivity contribution in [2.24, 2.45) is 0 Å². The third-order valence-corrected chi connectivity index (χ3v) is 3.71. The number of nitrogens with one attached hydrogen (secondary N) is 1. The van der Waals surface area contributed by atoms with E-state index in [9.17, 15) is 14.4 Å². The summed E-state index contributed by atoms with van der Waals surface area (Å²) in [5.41, 5.74) is -2.46. The van der Waals surface area contributed by atoms with E-state index in [1.165, 1.54) is 14.0 Å². The molecule has 0 aromatic carbocycles. The Bertz CT molecular complexity index is 534. The number of hydrogen-bond acceptors (Lipinski definition) is 7. The summed E-state index contributed by atoms with van der Waals surface area (Å²) in [6.45, 7) is 4.81. The number of cyclic esters (lactones) is 1. The van der Waals surface area contributed by atoms with Crippen molar-refractivity contribution in [1.29, 1.82) is 0 Å². The largest absolute Gasteiger partial charge is 0.466 e. The molecule has 0 aromatic rings. The van der Waals surface area contributed by atoms with Crippen molar-refractivity contribution in [1.82, 2.24) is 10.2 Å². The number of thiocarbonyl (C=S) groups is 1. The Morgan fingerprint density at radius 3 is 2.52 bits per heavy atom. The minimum absolute atomic E-state index is 0.0739. The van der Waals surface area contributed by atoms with Crippen molar-refractivity contribution < 1.29 is 28.6 Å². The molecule has 0 radical (unpaired) electrons. The predicted octanol–water partition coefficient (Wildman–Crippen LogP) is -0.0512. The second kappa shape index (κ2) is 4.83. The second-order valence-corrected chi connectivity index (χ2v) is 5.98. The van der Waals surface area contributed by atoms with Crippen LogP contribution < -0.4 is 5.32 Å². The van der Waals surface area contributed by atoms with Crippen molar-refractivity contribution in [2.45, 2.75) is 38.0 Å². The standard InChI is InChI=1S/C12H16N2O6S/c1-11(2)5-19-10(17)14(11)7(15)6-12(3,8(16)18-4)20-9(21)13-6/h6H,5H2,1-4H3,(H,13,21)/t6-,12-/m0/s1. The molecule has 21 heavy (non-hydrogen) atoms. The number of rotatable bonds is 2. The number of nitrogens with zero attached hydrogens (tertiary/aromatic N) is 1. The molecular formula is C12H16N2O6S. The fourth-order valence-corrected chi connectivity index (χ4v) is 2.62. The van der Waals surface area contributed by atoms with Gasteiger partial charge in [0.1, 0.15) is 6.61 Å². The zero-order valence-electron chi connectivity index (χ0n) is 12.1. The monoisotopic (exact) mass is 316 g/mol. The Labute approximate surface area is 126 Å². The highest BCUT2D eigenvalue weighted by atomic mass is 32.1. The van der Waals surface area contributed by atoms with Crippen molar-refractivity contribution in [3.63, 3.8) is 0 Å². The summed E-state index contributed by atoms with van der Waals surface area (Å²) in [5.74, 6) is -1.42. The molecule has 2 saturated heterocycles. The van der Waals surface area contributed by atoms with Crippen LogP contribution in [0, 0.1) is 0 Å². The molecule has 8 nitrogen and oxygen atoms in total. The number of ether oxygens (including phenoxy) is 3. The number of hydrogen-bond donors (Lipinski definition) is 1. The maximum absolute atomic E-state index is 12.7. The summed E-state index contributed by atoms with van der Waals surface area (Å²) in [6.07, 6.45) is -0.767. The normalized spacial score (nSPS) is 30.5. The van der Waals surface area contributed by atoms with Crippen LogP contribution in [0.1, 0.15) is 20.8 Å². The molecule has 2 amide bonds. The minimum atomic E-state index is -1.64. The van der Waals surface area contributed by atoms with Gasteiger partial charge in [-0.3, -0.25) is 4.79 Å². The van der Waals surface area contributed by atoms with Gasteiger partial charge in [0.15, 0.2) is 6.04 Å². The van der Waals surface area contributed by atoms with E-state index in [1.54, 1.807) is 13.8 Å². The molecule has 0 spiro atoms. The van der Waals surface area contributed by atoms with E-state index in [0.717, 1.165) is 4.90 Å². The van der Waals surface area contributed by atoms with E-state index >= 15 is 0 Å². The van der Waals surface area contributed by atoms with Gasteiger partial charge >= 0.3 is 12.1 Å². The first kappa shape index (κ1) is 15.5. The number of imide groups is 1. The van der Waals surface area contributed by atoms with Crippen LogP contribution in [-0.4, -0.2) is 58.9 Å². The van der Waals surface area contributed by atoms with E-state index in [2.05, 4.69) is 10.1 Å². The molecular weight excluding hydrogens is 300 g/mol. The highest BCUT2D eigenvalue weighted by Gasteiger charge is 2.59. The van der Waals surface area contributed by atoms with Gasteiger partial charge in [0.2, 0.25) is 5.60 Å². The Morgan fingerprint density at radius 2 is 2.05 bits per heavy atom. The van der Waals surface area contributed by atoms with Gasteiger partial charge in [0, 0.05) is 0 Å². The van der Waals surface area contributed by atoms with Crippen LogP contribution in [0.5, 0.6) is 0 Å². The minimum Gasteiger partial charge on any atom is -0.466 e. The molecule has 0 aliphatic carbocycles. The van der Waals surface area contributed by atoms with Gasteiger partial charge in [-0.15, -0.1) is 0 Å². The quantitative estimate of drug-likeness (QED) is 0.560. The van der Waals surface area contributed by atoms with Crippen LogP contribution in [0.2, 0.25) is 0 Å². The summed E-state index contributed by atoms with van der Waals surface area (Å²) in [5, 5.41) is 2.50. The molecule has 116 valence electrons. The van der Waals surface area contributed by atoms with Crippen LogP contribution >= 0.6 is 12.2 Å². The molecule has 2 heterocycles. The van der Waals surface area contributed by atoms with Gasteiger partial charge in [0.05, 0.1) is 12.6 Å². The lowest BCUT2D eigenvalue weighted by atomic mass is 9.94. The average molecular weight is 316 g/mol. The zero-order valence-corrected chi connectivity index (χ0v) is 12.9. The van der Waals surface area contributed by atoms with Gasteiger partial charge < -0.3 is 19.5 Å². The van der Waals surface area contributed by atoms with Gasteiger partial charge in [-0.25, -0.2) is 14.5 Å². The lowest BCUT2D eigenvalue weighted by Crippen LogP contribution is -2.60. The average Bonchev–Trinajstić information content (AvgIpc) is 2.85. The first-order valence-corrected chi connectivity index (χ1v) is 6.63. The molecule has 0 aromatic heterocycles. The molecule has 0 saturated carbocycles. The Morgan fingerprint density at radius 1 is 1.43 bits per heavy atom. The number of amides is 2. The Kier molecular flexibility index (Phi) is 3.56. The first-order valence-electron chi connectivity index (χ1n) is 6.22. The molecule has 2 atom stereocenters. The van der Waals surface area contributed by atoms with E-state index in [1.807, 2.05) is 0 Å². The molecule has 2 fully saturated rings. The predicted molar refractivity (Wildman–Crippen MR) is 73.3 cm³/mol. The Hall–Kier alpha value is -1.90. The molecule has 2 rings (SSSR count). The molecule has 9 heteroatoms. The molecule has 0 bridgehead atoms. The molecule has 0 unspecified atom stereocenters. The smallest absolute Gasteiger partial charge is 0.417 e. The third kappa shape index (κ3) is 2.31. The topological polar surface area (TPSA) is 94.2 Å². The van der Waals surface area contributed by atoms with Crippen molar-refractivity contribution in [2.75, 3.05) is 13.7 Å². The molecule has 1 N–H and O–H groups in total. The van der Waals surface area contributed by atoms with Crippen LogP contribution in [0.25, 0.3) is 0 Å². The number of esters is 1. The van der Waals surface area contributed by atoms with Crippen LogP contribution in [0.15, 0.2) is 0 Å². The highest BCUT2D eigenvalue weighted by Crippen LogP contribution is 2.30. The van der Waals surface area contributed by atoms with Crippen molar-refractivity contribution in [3.8, 4) is 0 Å². The van der Waals surface area contributed by atoms with Gasteiger partial charge in [-0.1, -0.05) is 0 Å². The Balaban J connectivity index is 2.35. The number of carbonyl (C=O) groups excluding carboxylic acids is 3. The summed E-state index contributed by atoms with van der Waals surface area (Å²) < 4.78 is 14.8. The van der Waals surface area contributed by atoms with E-state index < -0.39 is 35.2 Å². The van der Waals surface area contributed by atoms with Crippen molar-refractivity contribution >= 4 is 35.4 Å². The first-order chi connectivity index (χ1) is 9.63. The summed E-state index contributed by atoms with van der Waals surface area (Å²) in [6, 6.07) is -1.16. The van der Waals surface area contributed by atoms with Crippen LogP contribution in [0.4, 0.5) is 4.79 Å². The van der Waals surface area contributed by atoms with E-state index in [-0.39, 0.29) is 11.8 Å². The molecule has 2 aliphatic rings. The lowest BCUT2D eigenvalue weighted by Gasteiger charge is -2.31. The SMILES string of the molecule is COC(=O)[C@@]1(C)OC(=S)N[C@H]1C(=O)N1C(=O)OCC1(C)C. The third-order valence-electron chi connectivity index (χ3n) is 3.51. The maximum Gasteiger partial charge on any atom is 0.417 e. The summed E-state index contributed by atoms with van der Waals surface area (Å²) in [4.78, 5) is 37.3. The van der Waals surface area contributed by atoms with E-state index in [4.69, 9.17) is 21.7 Å². The fraction of sp³-hybridized carbons (Fsp3) is 0.667. The highest BCUT2D eigenvalue weighted by molar-refractivity contribution is 7.80. The van der Waals surface area contributed by atoms with E-state index in [0.29, 0.717) is 0 Å². The lowest BCUT2D eigenvalue weighted by molar-refractivity contribution is -0.162. The fourth-order valence-electron chi connectivity index (χ4n) is 2.33. The number of carbonyl (C=O) groups is 3. The van der Waals surface area contributed by atoms with Crippen LogP contribution in [0.3, 0.4) is 0 Å². The summed E-state index contributed by atoms with van der Waals surface area (Å²) in [7, 11) is 1.17.